The second-order valence-electron chi connectivity index (χ2n) is 4.91. The Bertz CT molecular complexity index is 676. The van der Waals surface area contributed by atoms with Crippen LogP contribution in [0.25, 0.3) is 11.3 Å². The monoisotopic (exact) mass is 304 g/mol. The van der Waals surface area contributed by atoms with Gasteiger partial charge < -0.3 is 19.3 Å². The van der Waals surface area contributed by atoms with Gasteiger partial charge in [-0.2, -0.15) is 5.10 Å². The summed E-state index contributed by atoms with van der Waals surface area (Å²) in [5, 5.41) is 15.5. The van der Waals surface area contributed by atoms with Crippen LogP contribution in [0.2, 0.25) is 0 Å². The van der Waals surface area contributed by atoms with Crippen LogP contribution in [-0.2, 0) is 4.74 Å². The molecule has 0 amide bonds. The van der Waals surface area contributed by atoms with Crippen molar-refractivity contribution < 1.29 is 24.1 Å². The molecule has 1 aromatic heterocycles. The molecule has 1 aliphatic heterocycles. The summed E-state index contributed by atoms with van der Waals surface area (Å²) in [6.07, 6.45) is 0.830. The van der Waals surface area contributed by atoms with Gasteiger partial charge in [0.25, 0.3) is 0 Å². The van der Waals surface area contributed by atoms with Crippen LogP contribution in [0.5, 0.6) is 11.5 Å². The highest BCUT2D eigenvalue weighted by Gasteiger charge is 2.21. The highest BCUT2D eigenvalue weighted by molar-refractivity contribution is 5.87. The predicted octanol–water partition coefficient (Wildman–Crippen LogP) is 1.95. The summed E-state index contributed by atoms with van der Waals surface area (Å²) < 4.78 is 16.7. The molecule has 1 atom stereocenters. The number of nitrogens with one attached hydrogen (secondary N) is 1. The van der Waals surface area contributed by atoms with Gasteiger partial charge in [-0.1, -0.05) is 6.07 Å². The van der Waals surface area contributed by atoms with Crippen LogP contribution in [-0.4, -0.2) is 47.7 Å². The Balaban J connectivity index is 1.94. The van der Waals surface area contributed by atoms with Gasteiger partial charge in [0.15, 0.2) is 11.5 Å². The van der Waals surface area contributed by atoms with Gasteiger partial charge in [-0.15, -0.1) is 0 Å². The van der Waals surface area contributed by atoms with Gasteiger partial charge in [0, 0.05) is 12.0 Å². The van der Waals surface area contributed by atoms with E-state index in [2.05, 4.69) is 10.2 Å². The van der Waals surface area contributed by atoms with E-state index in [0.29, 0.717) is 36.0 Å². The van der Waals surface area contributed by atoms with E-state index in [0.717, 1.165) is 6.42 Å². The molecule has 0 bridgehead atoms. The van der Waals surface area contributed by atoms with Crippen molar-refractivity contribution in [3.8, 4) is 22.8 Å². The molecule has 7 nitrogen and oxygen atoms in total. The van der Waals surface area contributed by atoms with Gasteiger partial charge in [-0.05, 0) is 18.2 Å². The standard InChI is InChI=1S/C15H16N2O5/c1-20-14-10(11-7-12(15(18)19)17-16-11)3-2-4-13(14)22-9-5-6-21-8-9/h2-4,7,9H,5-6,8H2,1H3,(H,16,17)(H,18,19). The maximum absolute atomic E-state index is 11.0. The third kappa shape index (κ3) is 2.75. The predicted molar refractivity (Wildman–Crippen MR) is 77.4 cm³/mol. The lowest BCUT2D eigenvalue weighted by Crippen LogP contribution is -2.16. The van der Waals surface area contributed by atoms with Gasteiger partial charge >= 0.3 is 5.97 Å². The van der Waals surface area contributed by atoms with Crippen molar-refractivity contribution in [1.82, 2.24) is 10.2 Å². The number of aromatic carboxylic acids is 1. The molecule has 116 valence electrons. The molecule has 7 heteroatoms. The van der Waals surface area contributed by atoms with Gasteiger partial charge in [-0.25, -0.2) is 4.79 Å². The lowest BCUT2D eigenvalue weighted by atomic mass is 10.1. The lowest BCUT2D eigenvalue weighted by molar-refractivity contribution is 0.0690. The average molecular weight is 304 g/mol. The zero-order valence-electron chi connectivity index (χ0n) is 12.0. The fourth-order valence-corrected chi connectivity index (χ4v) is 2.38. The minimum Gasteiger partial charge on any atom is -0.492 e. The first kappa shape index (κ1) is 14.4. The number of hydrogen-bond donors (Lipinski definition) is 2. The first-order valence-corrected chi connectivity index (χ1v) is 6.89. The molecular weight excluding hydrogens is 288 g/mol. The molecule has 1 aliphatic rings. The van der Waals surface area contributed by atoms with Crippen LogP contribution in [0.3, 0.4) is 0 Å². The number of hydrogen-bond acceptors (Lipinski definition) is 5. The number of H-pyrrole nitrogens is 1. The number of carboxylic acid groups (broad SMARTS) is 1. The smallest absolute Gasteiger partial charge is 0.353 e. The quantitative estimate of drug-likeness (QED) is 0.877. The number of rotatable bonds is 5. The molecule has 22 heavy (non-hydrogen) atoms. The van der Waals surface area contributed by atoms with E-state index < -0.39 is 5.97 Å². The van der Waals surface area contributed by atoms with Crippen molar-refractivity contribution in [2.75, 3.05) is 20.3 Å². The Kier molecular flexibility index (Phi) is 3.97. The Morgan fingerprint density at radius 3 is 3.00 bits per heavy atom. The van der Waals surface area contributed by atoms with Crippen molar-refractivity contribution >= 4 is 5.97 Å². The molecule has 0 saturated carbocycles. The molecular formula is C15H16N2O5. The molecule has 2 N–H and O–H groups in total. The third-order valence-corrected chi connectivity index (χ3v) is 3.45. The molecule has 1 aromatic carbocycles. The van der Waals surface area contributed by atoms with Gasteiger partial charge in [0.1, 0.15) is 11.8 Å². The minimum absolute atomic E-state index is 0.00193. The first-order chi connectivity index (χ1) is 10.7. The highest BCUT2D eigenvalue weighted by Crippen LogP contribution is 2.38. The molecule has 0 aliphatic carbocycles. The third-order valence-electron chi connectivity index (χ3n) is 3.45. The van der Waals surface area contributed by atoms with Crippen molar-refractivity contribution in [3.63, 3.8) is 0 Å². The van der Waals surface area contributed by atoms with Crippen LogP contribution >= 0.6 is 0 Å². The Morgan fingerprint density at radius 2 is 2.36 bits per heavy atom. The Morgan fingerprint density at radius 1 is 1.50 bits per heavy atom. The van der Waals surface area contributed by atoms with E-state index in [-0.39, 0.29) is 11.8 Å². The lowest BCUT2D eigenvalue weighted by Gasteiger charge is -2.16. The molecule has 1 saturated heterocycles. The number of ether oxygens (including phenoxy) is 3. The van der Waals surface area contributed by atoms with Crippen LogP contribution < -0.4 is 9.47 Å². The maximum Gasteiger partial charge on any atom is 0.353 e. The summed E-state index contributed by atoms with van der Waals surface area (Å²) in [5.74, 6) is 0.0569. The van der Waals surface area contributed by atoms with E-state index in [4.69, 9.17) is 19.3 Å². The fraction of sp³-hybridized carbons (Fsp3) is 0.333. The summed E-state index contributed by atoms with van der Waals surface area (Å²) in [6, 6.07) is 6.89. The topological polar surface area (TPSA) is 93.7 Å². The number of carboxylic acids is 1. The van der Waals surface area contributed by atoms with Crippen LogP contribution in [0.1, 0.15) is 16.9 Å². The van der Waals surface area contributed by atoms with Crippen molar-refractivity contribution in [2.24, 2.45) is 0 Å². The van der Waals surface area contributed by atoms with E-state index >= 15 is 0 Å². The molecule has 1 fully saturated rings. The Hall–Kier alpha value is -2.54. The fourth-order valence-electron chi connectivity index (χ4n) is 2.38. The maximum atomic E-state index is 11.0. The minimum atomic E-state index is -1.06. The second kappa shape index (κ2) is 6.07. The molecule has 0 spiro atoms. The van der Waals surface area contributed by atoms with Crippen molar-refractivity contribution in [3.05, 3.63) is 30.0 Å². The summed E-state index contributed by atoms with van der Waals surface area (Å²) in [6.45, 7) is 1.24. The molecule has 2 aromatic rings. The highest BCUT2D eigenvalue weighted by atomic mass is 16.6. The summed E-state index contributed by atoms with van der Waals surface area (Å²) in [4.78, 5) is 11.0. The van der Waals surface area contributed by atoms with Crippen molar-refractivity contribution in [1.29, 1.82) is 0 Å². The van der Waals surface area contributed by atoms with E-state index in [1.807, 2.05) is 12.1 Å². The number of methoxy groups -OCH3 is 1. The van der Waals surface area contributed by atoms with Gasteiger partial charge in [0.2, 0.25) is 0 Å². The second-order valence-corrected chi connectivity index (χ2v) is 4.91. The largest absolute Gasteiger partial charge is 0.492 e. The summed E-state index contributed by atoms with van der Waals surface area (Å²) in [5.41, 5.74) is 1.18. The average Bonchev–Trinajstić information content (AvgIpc) is 3.18. The summed E-state index contributed by atoms with van der Waals surface area (Å²) in [7, 11) is 1.54. The molecule has 0 radical (unpaired) electrons. The zero-order chi connectivity index (χ0) is 15.5. The normalized spacial score (nSPS) is 17.4. The number of para-hydroxylation sites is 1. The Labute approximate surface area is 126 Å². The molecule has 3 rings (SSSR count). The van der Waals surface area contributed by atoms with E-state index in [9.17, 15) is 4.79 Å². The first-order valence-electron chi connectivity index (χ1n) is 6.89. The van der Waals surface area contributed by atoms with Crippen LogP contribution in [0.4, 0.5) is 0 Å². The van der Waals surface area contributed by atoms with E-state index in [1.165, 1.54) is 6.07 Å². The van der Waals surface area contributed by atoms with Crippen LogP contribution in [0.15, 0.2) is 24.3 Å². The van der Waals surface area contributed by atoms with E-state index in [1.54, 1.807) is 13.2 Å². The number of aromatic amines is 1. The van der Waals surface area contributed by atoms with Gasteiger partial charge in [-0.3, -0.25) is 5.10 Å². The van der Waals surface area contributed by atoms with Crippen LogP contribution in [0, 0.1) is 0 Å². The van der Waals surface area contributed by atoms with Crippen molar-refractivity contribution in [2.45, 2.75) is 12.5 Å². The molecule has 2 heterocycles. The molecule has 1 unspecified atom stereocenters. The SMILES string of the molecule is COc1c(OC2CCOC2)cccc1-c1cc(C(=O)O)[nH]n1. The number of aromatic nitrogens is 2. The summed E-state index contributed by atoms with van der Waals surface area (Å²) >= 11 is 0. The zero-order valence-corrected chi connectivity index (χ0v) is 12.0. The number of benzene rings is 1. The van der Waals surface area contributed by atoms with Gasteiger partial charge in [0.05, 0.1) is 26.0 Å². The number of carbonyl (C=O) groups is 1. The number of nitrogens with zero attached hydrogens (tertiary/aromatic N) is 1.